The van der Waals surface area contributed by atoms with Crippen molar-refractivity contribution >= 4 is 22.6 Å². The van der Waals surface area contributed by atoms with Crippen LogP contribution in [0.4, 0.5) is 0 Å². The molecule has 0 N–H and O–H groups in total. The van der Waals surface area contributed by atoms with E-state index in [-0.39, 0.29) is 5.38 Å². The number of halogens is 1. The summed E-state index contributed by atoms with van der Waals surface area (Å²) in [4.78, 5) is 4.72. The van der Waals surface area contributed by atoms with E-state index in [0.29, 0.717) is 12.0 Å². The first-order chi connectivity index (χ1) is 9.93. The number of rotatable bonds is 6. The van der Waals surface area contributed by atoms with Crippen molar-refractivity contribution in [3.8, 4) is 5.75 Å². The highest BCUT2D eigenvalue weighted by Gasteiger charge is 2.19. The Balaban J connectivity index is 2.45. The maximum atomic E-state index is 6.35. The third-order valence-electron chi connectivity index (χ3n) is 3.88. The highest BCUT2D eigenvalue weighted by atomic mass is 35.5. The van der Waals surface area contributed by atoms with E-state index in [4.69, 9.17) is 21.3 Å². The van der Waals surface area contributed by atoms with Crippen molar-refractivity contribution in [2.45, 2.75) is 52.0 Å². The Morgan fingerprint density at radius 1 is 1.19 bits per heavy atom. The quantitative estimate of drug-likeness (QED) is 0.673. The van der Waals surface area contributed by atoms with Crippen LogP contribution in [0.2, 0.25) is 0 Å². The van der Waals surface area contributed by atoms with Crippen molar-refractivity contribution in [3.63, 3.8) is 0 Å². The lowest BCUT2D eigenvalue weighted by atomic mass is 10.0. The zero-order valence-electron chi connectivity index (χ0n) is 13.6. The Bertz CT molecular complexity index is 604. The molecule has 4 heteroatoms. The first-order valence-electron chi connectivity index (χ1n) is 7.64. The van der Waals surface area contributed by atoms with Gasteiger partial charge in [0.25, 0.3) is 0 Å². The van der Waals surface area contributed by atoms with E-state index in [1.807, 2.05) is 19.1 Å². The van der Waals surface area contributed by atoms with Crippen LogP contribution in [0.15, 0.2) is 18.2 Å². The third-order valence-corrected chi connectivity index (χ3v) is 4.08. The van der Waals surface area contributed by atoms with Gasteiger partial charge in [-0.2, -0.15) is 0 Å². The lowest BCUT2D eigenvalue weighted by Gasteiger charge is -2.19. The number of fused-ring (bicyclic) bond motifs is 1. The maximum absolute atomic E-state index is 6.35. The molecule has 3 nitrogen and oxygen atoms in total. The number of nitrogens with zero attached hydrogens (tertiary/aromatic N) is 2. The number of benzene rings is 1. The van der Waals surface area contributed by atoms with Crippen LogP contribution in [0.1, 0.15) is 57.8 Å². The minimum atomic E-state index is -0.107. The number of methoxy groups -OCH3 is 1. The Labute approximate surface area is 132 Å². The molecule has 0 aliphatic rings. The molecule has 0 saturated heterocycles. The van der Waals surface area contributed by atoms with E-state index in [1.54, 1.807) is 7.11 Å². The van der Waals surface area contributed by atoms with Gasteiger partial charge in [0, 0.05) is 12.1 Å². The van der Waals surface area contributed by atoms with Crippen molar-refractivity contribution in [2.24, 2.45) is 5.92 Å². The molecule has 0 spiro atoms. The molecule has 0 aliphatic carbocycles. The molecule has 2 atom stereocenters. The zero-order chi connectivity index (χ0) is 15.6. The molecule has 0 radical (unpaired) electrons. The summed E-state index contributed by atoms with van der Waals surface area (Å²) in [5.74, 6) is 2.48. The topological polar surface area (TPSA) is 27.1 Å². The Morgan fingerprint density at radius 2 is 1.90 bits per heavy atom. The normalized spacial score (nSPS) is 14.6. The second-order valence-electron chi connectivity index (χ2n) is 6.13. The number of ether oxygens (including phenoxy) is 1. The monoisotopic (exact) mass is 308 g/mol. The fourth-order valence-corrected chi connectivity index (χ4v) is 2.83. The van der Waals surface area contributed by atoms with Crippen molar-refractivity contribution in [1.29, 1.82) is 0 Å². The molecule has 1 heterocycles. The van der Waals surface area contributed by atoms with Crippen LogP contribution in [0, 0.1) is 5.92 Å². The number of alkyl halides is 1. The molecule has 0 amide bonds. The van der Waals surface area contributed by atoms with E-state index in [0.717, 1.165) is 29.0 Å². The standard InChI is InChI=1S/C17H25ClN2O/c1-11(2)6-7-12(3)20-16-9-8-14(21-5)10-15(16)19-17(20)13(4)18/h8-13H,6-7H2,1-5H3. The highest BCUT2D eigenvalue weighted by molar-refractivity contribution is 6.20. The van der Waals surface area contributed by atoms with Crippen LogP contribution >= 0.6 is 11.6 Å². The SMILES string of the molecule is COc1ccc2c(c1)nc(C(C)Cl)n2C(C)CCC(C)C. The molecule has 1 aromatic heterocycles. The van der Waals surface area contributed by atoms with E-state index < -0.39 is 0 Å². The van der Waals surface area contributed by atoms with Gasteiger partial charge in [-0.15, -0.1) is 11.6 Å². The molecule has 2 aromatic rings. The fraction of sp³-hybridized carbons (Fsp3) is 0.588. The van der Waals surface area contributed by atoms with Crippen molar-refractivity contribution in [1.82, 2.24) is 9.55 Å². The minimum Gasteiger partial charge on any atom is -0.497 e. The third kappa shape index (κ3) is 3.52. The second kappa shape index (κ2) is 6.69. The van der Waals surface area contributed by atoms with Gasteiger partial charge >= 0.3 is 0 Å². The van der Waals surface area contributed by atoms with Crippen molar-refractivity contribution < 1.29 is 4.74 Å². The van der Waals surface area contributed by atoms with Gasteiger partial charge in [0.1, 0.15) is 11.6 Å². The summed E-state index contributed by atoms with van der Waals surface area (Å²) < 4.78 is 7.58. The Hall–Kier alpha value is -1.22. The molecule has 0 fully saturated rings. The first-order valence-corrected chi connectivity index (χ1v) is 8.07. The Kier molecular flexibility index (Phi) is 5.15. The molecule has 0 bridgehead atoms. The molecule has 0 saturated carbocycles. The average Bonchev–Trinajstić information content (AvgIpc) is 2.83. The summed E-state index contributed by atoms with van der Waals surface area (Å²) in [7, 11) is 1.68. The molecule has 1 aromatic carbocycles. The van der Waals surface area contributed by atoms with E-state index >= 15 is 0 Å². The Morgan fingerprint density at radius 3 is 2.48 bits per heavy atom. The maximum Gasteiger partial charge on any atom is 0.127 e. The summed E-state index contributed by atoms with van der Waals surface area (Å²) in [5, 5.41) is -0.107. The predicted octanol–water partition coefficient (Wildman–Crippen LogP) is 5.34. The van der Waals surface area contributed by atoms with Gasteiger partial charge < -0.3 is 9.30 Å². The molecule has 2 unspecified atom stereocenters. The summed E-state index contributed by atoms with van der Waals surface area (Å²) in [6, 6.07) is 6.43. The number of hydrogen-bond acceptors (Lipinski definition) is 2. The van der Waals surface area contributed by atoms with E-state index in [2.05, 4.69) is 31.4 Å². The van der Waals surface area contributed by atoms with Crippen LogP contribution in [0.5, 0.6) is 5.75 Å². The summed E-state index contributed by atoms with van der Waals surface area (Å²) in [6.07, 6.45) is 2.33. The zero-order valence-corrected chi connectivity index (χ0v) is 14.3. The van der Waals surface area contributed by atoms with Gasteiger partial charge in [-0.25, -0.2) is 4.98 Å². The second-order valence-corrected chi connectivity index (χ2v) is 6.79. The molecular weight excluding hydrogens is 284 g/mol. The van der Waals surface area contributed by atoms with Gasteiger partial charge in [0.2, 0.25) is 0 Å². The number of aromatic nitrogens is 2. The van der Waals surface area contributed by atoms with Gasteiger partial charge in [0.05, 0.1) is 23.5 Å². The number of imidazole rings is 1. The van der Waals surface area contributed by atoms with Gasteiger partial charge in [-0.05, 0) is 44.7 Å². The number of hydrogen-bond donors (Lipinski definition) is 0. The molecular formula is C17H25ClN2O. The molecule has 116 valence electrons. The largest absolute Gasteiger partial charge is 0.497 e. The van der Waals surface area contributed by atoms with Crippen LogP contribution in [-0.2, 0) is 0 Å². The summed E-state index contributed by atoms with van der Waals surface area (Å²) in [6.45, 7) is 8.74. The fourth-order valence-electron chi connectivity index (χ4n) is 2.67. The lowest BCUT2D eigenvalue weighted by Crippen LogP contribution is -2.10. The summed E-state index contributed by atoms with van der Waals surface area (Å²) in [5.41, 5.74) is 2.09. The van der Waals surface area contributed by atoms with E-state index in [9.17, 15) is 0 Å². The van der Waals surface area contributed by atoms with Crippen LogP contribution in [-0.4, -0.2) is 16.7 Å². The molecule has 0 aliphatic heterocycles. The first kappa shape index (κ1) is 16.2. The smallest absolute Gasteiger partial charge is 0.127 e. The van der Waals surface area contributed by atoms with Gasteiger partial charge in [0.15, 0.2) is 0 Å². The van der Waals surface area contributed by atoms with Crippen LogP contribution < -0.4 is 4.74 Å². The van der Waals surface area contributed by atoms with Crippen molar-refractivity contribution in [3.05, 3.63) is 24.0 Å². The van der Waals surface area contributed by atoms with Gasteiger partial charge in [-0.3, -0.25) is 0 Å². The lowest BCUT2D eigenvalue weighted by molar-refractivity contribution is 0.415. The molecule has 21 heavy (non-hydrogen) atoms. The predicted molar refractivity (Wildman–Crippen MR) is 89.3 cm³/mol. The minimum absolute atomic E-state index is 0.107. The summed E-state index contributed by atoms with van der Waals surface area (Å²) >= 11 is 6.35. The average molecular weight is 309 g/mol. The van der Waals surface area contributed by atoms with Crippen LogP contribution in [0.25, 0.3) is 11.0 Å². The van der Waals surface area contributed by atoms with Crippen molar-refractivity contribution in [2.75, 3.05) is 7.11 Å². The van der Waals surface area contributed by atoms with E-state index in [1.165, 1.54) is 6.42 Å². The highest BCUT2D eigenvalue weighted by Crippen LogP contribution is 2.31. The van der Waals surface area contributed by atoms with Crippen LogP contribution in [0.3, 0.4) is 0 Å². The molecule has 2 rings (SSSR count). The van der Waals surface area contributed by atoms with Gasteiger partial charge in [-0.1, -0.05) is 13.8 Å².